The van der Waals surface area contributed by atoms with E-state index in [1.54, 1.807) is 10.8 Å². The number of amides is 1. The number of nitrogens with zero attached hydrogens (tertiary/aromatic N) is 5. The number of imidazole rings is 1. The second-order valence-electron chi connectivity index (χ2n) is 10.7. The lowest BCUT2D eigenvalue weighted by Gasteiger charge is -2.40. The zero-order valence-corrected chi connectivity index (χ0v) is 22.0. The number of piperazine rings is 1. The maximum atomic E-state index is 12.1. The van der Waals surface area contributed by atoms with Crippen molar-refractivity contribution >= 4 is 23.0 Å². The molecule has 2 aliphatic rings. The molecule has 5 rings (SSSR count). The Morgan fingerprint density at radius 1 is 1.19 bits per heavy atom. The smallest absolute Gasteiger partial charge is 0.327 e. The molecule has 0 spiro atoms. The van der Waals surface area contributed by atoms with Crippen LogP contribution in [-0.2, 0) is 11.3 Å². The molecule has 196 valence electrons. The Bertz CT molecular complexity index is 1330. The Kier molecular flexibility index (Phi) is 6.90. The molecule has 1 amide bonds. The van der Waals surface area contributed by atoms with Crippen molar-refractivity contribution in [2.75, 3.05) is 31.5 Å². The largest absolute Gasteiger partial charge is 0.348 e. The van der Waals surface area contributed by atoms with Crippen molar-refractivity contribution in [2.45, 2.75) is 58.7 Å². The average molecular weight is 504 g/mol. The number of carbonyl (C=O) groups is 1. The van der Waals surface area contributed by atoms with E-state index < -0.39 is 0 Å². The highest BCUT2D eigenvalue weighted by Gasteiger charge is 2.41. The number of aromatic amines is 1. The fourth-order valence-corrected chi connectivity index (χ4v) is 5.32. The van der Waals surface area contributed by atoms with Crippen LogP contribution in [0.4, 0.5) is 5.95 Å². The van der Waals surface area contributed by atoms with Gasteiger partial charge in [-0.1, -0.05) is 37.8 Å². The molecule has 3 aromatic rings. The third-order valence-electron chi connectivity index (χ3n) is 8.03. The van der Waals surface area contributed by atoms with Crippen molar-refractivity contribution in [1.82, 2.24) is 29.3 Å². The van der Waals surface area contributed by atoms with Gasteiger partial charge >= 0.3 is 5.69 Å². The van der Waals surface area contributed by atoms with Gasteiger partial charge < -0.3 is 15.2 Å². The predicted molar refractivity (Wildman–Crippen MR) is 145 cm³/mol. The summed E-state index contributed by atoms with van der Waals surface area (Å²) in [6, 6.07) is 9.20. The number of benzene rings is 1. The molecule has 0 bridgehead atoms. The van der Waals surface area contributed by atoms with E-state index in [-0.39, 0.29) is 17.6 Å². The number of fused-ring (bicyclic) bond motifs is 1. The number of H-pyrrole nitrogens is 1. The van der Waals surface area contributed by atoms with Crippen molar-refractivity contribution < 1.29 is 4.79 Å². The van der Waals surface area contributed by atoms with E-state index >= 15 is 0 Å². The Hall–Kier alpha value is -3.46. The van der Waals surface area contributed by atoms with E-state index in [4.69, 9.17) is 0 Å². The number of carbonyl (C=O) groups excluding carboxylic acids is 1. The summed E-state index contributed by atoms with van der Waals surface area (Å²) < 4.78 is 1.61. The van der Waals surface area contributed by atoms with E-state index in [1.165, 1.54) is 24.5 Å². The number of rotatable bonds is 9. The first-order chi connectivity index (χ1) is 17.8. The molecule has 1 unspecified atom stereocenters. The highest BCUT2D eigenvalue weighted by atomic mass is 16.2. The number of aryl methyl sites for hydroxylation is 1. The van der Waals surface area contributed by atoms with Crippen LogP contribution in [0.3, 0.4) is 0 Å². The summed E-state index contributed by atoms with van der Waals surface area (Å²) in [5.74, 6) is 0.519. The lowest BCUT2D eigenvalue weighted by atomic mass is 9.91. The van der Waals surface area contributed by atoms with Gasteiger partial charge in [-0.15, -0.1) is 0 Å². The van der Waals surface area contributed by atoms with Gasteiger partial charge in [0, 0.05) is 38.8 Å². The summed E-state index contributed by atoms with van der Waals surface area (Å²) in [7, 11) is 0. The van der Waals surface area contributed by atoms with Crippen LogP contribution in [0, 0.1) is 5.41 Å². The van der Waals surface area contributed by atoms with Crippen LogP contribution in [0.1, 0.15) is 63.2 Å². The third-order valence-corrected chi connectivity index (χ3v) is 8.03. The summed E-state index contributed by atoms with van der Waals surface area (Å²) >= 11 is 0. The first-order valence-corrected chi connectivity index (χ1v) is 13.3. The van der Waals surface area contributed by atoms with E-state index in [0.717, 1.165) is 38.2 Å². The molecular weight excluding hydrogens is 466 g/mol. The zero-order chi connectivity index (χ0) is 26.2. The SMILES string of the molecule is C=CC(=O)N1CCN(C(CC2(C)CC2)c2ccc([C@H](C)Nc3ncc4[nH]c(=O)n(CC)c4n3)cc2)CC1. The molecule has 37 heavy (non-hydrogen) atoms. The minimum atomic E-state index is -0.170. The second-order valence-corrected chi connectivity index (χ2v) is 10.7. The summed E-state index contributed by atoms with van der Waals surface area (Å²) in [5, 5.41) is 3.38. The van der Waals surface area contributed by atoms with Crippen molar-refractivity contribution in [3.05, 3.63) is 64.7 Å². The molecule has 0 radical (unpaired) electrons. The second kappa shape index (κ2) is 10.1. The molecule has 1 aliphatic carbocycles. The summed E-state index contributed by atoms with van der Waals surface area (Å²) in [6.07, 6.45) is 6.78. The van der Waals surface area contributed by atoms with Gasteiger partial charge in [0.25, 0.3) is 0 Å². The number of hydrogen-bond donors (Lipinski definition) is 2. The summed E-state index contributed by atoms with van der Waals surface area (Å²) in [6.45, 7) is 13.8. The number of nitrogens with one attached hydrogen (secondary N) is 2. The Labute approximate surface area is 217 Å². The van der Waals surface area contributed by atoms with Gasteiger partial charge in [0.2, 0.25) is 11.9 Å². The quantitative estimate of drug-likeness (QED) is 0.430. The van der Waals surface area contributed by atoms with Crippen molar-refractivity contribution in [3.8, 4) is 0 Å². The van der Waals surface area contributed by atoms with Crippen LogP contribution in [0.5, 0.6) is 0 Å². The Balaban J connectivity index is 1.30. The lowest BCUT2D eigenvalue weighted by Crippen LogP contribution is -2.49. The van der Waals surface area contributed by atoms with Crippen molar-refractivity contribution in [2.24, 2.45) is 5.41 Å². The summed E-state index contributed by atoms with van der Waals surface area (Å²) in [5.41, 5.74) is 3.96. The molecule has 1 saturated carbocycles. The average Bonchev–Trinajstić information content (AvgIpc) is 3.56. The standard InChI is InChI=1S/C28H37N7O2/c1-5-24(36)34-15-13-33(14-16-34)23(17-28(4)11-12-28)21-9-7-20(8-10-21)19(3)30-26-29-18-22-25(32-26)35(6-2)27(37)31-22/h5,7-10,18-19,23H,1,6,11-17H2,2-4H3,(H,31,37)(H,29,30,32)/t19-,23?/m0/s1. The fraction of sp³-hybridized carbons (Fsp3) is 0.500. The minimum absolute atomic E-state index is 0.0000929. The number of anilines is 1. The van der Waals surface area contributed by atoms with Crippen LogP contribution in [0.2, 0.25) is 0 Å². The van der Waals surface area contributed by atoms with Crippen molar-refractivity contribution in [1.29, 1.82) is 0 Å². The lowest BCUT2D eigenvalue weighted by molar-refractivity contribution is -0.128. The van der Waals surface area contributed by atoms with Gasteiger partial charge in [-0.25, -0.2) is 9.78 Å². The predicted octanol–water partition coefficient (Wildman–Crippen LogP) is 3.87. The zero-order valence-electron chi connectivity index (χ0n) is 22.0. The van der Waals surface area contributed by atoms with Gasteiger partial charge in [0.15, 0.2) is 5.65 Å². The molecule has 1 aromatic carbocycles. The van der Waals surface area contributed by atoms with Gasteiger partial charge in [-0.05, 0) is 55.7 Å². The van der Waals surface area contributed by atoms with Crippen LogP contribution in [0.15, 0.2) is 47.9 Å². The van der Waals surface area contributed by atoms with E-state index in [1.807, 2.05) is 11.8 Å². The normalized spacial score (nSPS) is 18.9. The van der Waals surface area contributed by atoms with Gasteiger partial charge in [0.05, 0.1) is 12.2 Å². The molecule has 1 saturated heterocycles. The van der Waals surface area contributed by atoms with Crippen molar-refractivity contribution in [3.63, 3.8) is 0 Å². The maximum absolute atomic E-state index is 12.1. The molecule has 2 aromatic heterocycles. The number of aromatic nitrogens is 4. The maximum Gasteiger partial charge on any atom is 0.327 e. The topological polar surface area (TPSA) is 99.2 Å². The first kappa shape index (κ1) is 25.2. The van der Waals surface area contributed by atoms with E-state index in [0.29, 0.717) is 35.1 Å². The van der Waals surface area contributed by atoms with Crippen LogP contribution in [0.25, 0.3) is 11.2 Å². The van der Waals surface area contributed by atoms with Gasteiger partial charge in [-0.3, -0.25) is 14.3 Å². The fourth-order valence-electron chi connectivity index (χ4n) is 5.32. The highest BCUT2D eigenvalue weighted by Crippen LogP contribution is 2.52. The highest BCUT2D eigenvalue weighted by molar-refractivity contribution is 5.87. The van der Waals surface area contributed by atoms with E-state index in [9.17, 15) is 9.59 Å². The molecule has 2 atom stereocenters. The Morgan fingerprint density at radius 2 is 1.86 bits per heavy atom. The minimum Gasteiger partial charge on any atom is -0.348 e. The van der Waals surface area contributed by atoms with Gasteiger partial charge in [0.1, 0.15) is 5.52 Å². The van der Waals surface area contributed by atoms with Crippen LogP contribution >= 0.6 is 0 Å². The Morgan fingerprint density at radius 3 is 2.49 bits per heavy atom. The third kappa shape index (κ3) is 5.32. The molecule has 9 nitrogen and oxygen atoms in total. The number of hydrogen-bond acceptors (Lipinski definition) is 6. The molecular formula is C28H37N7O2. The molecule has 1 aliphatic heterocycles. The van der Waals surface area contributed by atoms with Crippen LogP contribution < -0.4 is 11.0 Å². The first-order valence-electron chi connectivity index (χ1n) is 13.3. The summed E-state index contributed by atoms with van der Waals surface area (Å²) in [4.78, 5) is 40.3. The molecule has 2 fully saturated rings. The molecule has 9 heteroatoms. The van der Waals surface area contributed by atoms with E-state index in [2.05, 4.69) is 69.9 Å². The van der Waals surface area contributed by atoms with Crippen LogP contribution in [-0.4, -0.2) is 61.4 Å². The molecule has 2 N–H and O–H groups in total. The molecule has 3 heterocycles. The van der Waals surface area contributed by atoms with Gasteiger partial charge in [-0.2, -0.15) is 4.98 Å². The monoisotopic (exact) mass is 503 g/mol.